The summed E-state index contributed by atoms with van der Waals surface area (Å²) in [7, 11) is 3.07. The van der Waals surface area contributed by atoms with E-state index in [1.165, 1.54) is 7.11 Å². The van der Waals surface area contributed by atoms with Crippen LogP contribution in [0.15, 0.2) is 29.5 Å². The highest BCUT2D eigenvalue weighted by Gasteiger charge is 2.38. The minimum atomic E-state index is -0.566. The maximum atomic E-state index is 11.8. The Labute approximate surface area is 120 Å². The number of carbonyl (C=O) groups is 2. The largest absolute Gasteiger partial charge is 0.493 e. The highest BCUT2D eigenvalue weighted by atomic mass is 16.5. The van der Waals surface area contributed by atoms with Crippen molar-refractivity contribution in [1.29, 1.82) is 0 Å². The lowest BCUT2D eigenvalue weighted by atomic mass is 9.96. The Morgan fingerprint density at radius 3 is 2.67 bits per heavy atom. The summed E-state index contributed by atoms with van der Waals surface area (Å²) in [4.78, 5) is 23.5. The average Bonchev–Trinajstić information content (AvgIpc) is 2.86. The highest BCUT2D eigenvalue weighted by molar-refractivity contribution is 5.97. The van der Waals surface area contributed by atoms with Crippen LogP contribution in [0.2, 0.25) is 0 Å². The monoisotopic (exact) mass is 290 g/mol. The van der Waals surface area contributed by atoms with Crippen LogP contribution in [0, 0.1) is 0 Å². The summed E-state index contributed by atoms with van der Waals surface area (Å²) in [5, 5.41) is 5.31. The van der Waals surface area contributed by atoms with Gasteiger partial charge in [-0.15, -0.1) is 0 Å². The smallest absolute Gasteiger partial charge is 0.338 e. The first-order valence-corrected chi connectivity index (χ1v) is 6.33. The number of carbonyl (C=O) groups excluding carboxylic acids is 2. The molecule has 7 nitrogen and oxygen atoms in total. The zero-order valence-corrected chi connectivity index (χ0v) is 11.6. The number of esters is 1. The lowest BCUT2D eigenvalue weighted by Gasteiger charge is -2.25. The van der Waals surface area contributed by atoms with Gasteiger partial charge < -0.3 is 24.8 Å². The first-order valence-electron chi connectivity index (χ1n) is 6.33. The number of ether oxygens (including phenoxy) is 3. The van der Waals surface area contributed by atoms with Gasteiger partial charge in [0.25, 0.3) is 0 Å². The molecule has 0 spiro atoms. The Balaban J connectivity index is 2.04. The normalized spacial score (nSPS) is 20.4. The number of hydrogen-bond donors (Lipinski definition) is 2. The predicted molar refractivity (Wildman–Crippen MR) is 71.9 cm³/mol. The van der Waals surface area contributed by atoms with Crippen molar-refractivity contribution in [1.82, 2.24) is 10.6 Å². The number of benzene rings is 1. The fourth-order valence-electron chi connectivity index (χ4n) is 2.47. The third-order valence-corrected chi connectivity index (χ3v) is 3.46. The molecule has 2 aliphatic heterocycles. The molecular formula is C14H14N2O5. The lowest BCUT2D eigenvalue weighted by Crippen LogP contribution is -2.44. The van der Waals surface area contributed by atoms with Gasteiger partial charge in [-0.3, -0.25) is 0 Å². The van der Waals surface area contributed by atoms with Crippen molar-refractivity contribution in [2.75, 3.05) is 20.8 Å². The molecule has 0 radical (unpaired) electrons. The molecule has 3 rings (SSSR count). The molecule has 0 saturated heterocycles. The number of hydrogen-bond acceptors (Lipinski definition) is 5. The molecule has 0 bridgehead atoms. The van der Waals surface area contributed by atoms with Crippen molar-refractivity contribution in [3.63, 3.8) is 0 Å². The number of amides is 2. The van der Waals surface area contributed by atoms with Crippen LogP contribution in [0.4, 0.5) is 4.79 Å². The molecule has 21 heavy (non-hydrogen) atoms. The van der Waals surface area contributed by atoms with E-state index in [0.29, 0.717) is 28.3 Å². The fraction of sp³-hybridized carbons (Fsp3) is 0.286. The van der Waals surface area contributed by atoms with Gasteiger partial charge in [-0.2, -0.15) is 0 Å². The van der Waals surface area contributed by atoms with Crippen LogP contribution in [-0.2, 0) is 9.53 Å². The van der Waals surface area contributed by atoms with Gasteiger partial charge in [0.1, 0.15) is 6.61 Å². The van der Waals surface area contributed by atoms with Gasteiger partial charge in [-0.1, -0.05) is 6.07 Å². The summed E-state index contributed by atoms with van der Waals surface area (Å²) < 4.78 is 15.4. The molecule has 110 valence electrons. The molecule has 0 fully saturated rings. The minimum absolute atomic E-state index is 0.0887. The second kappa shape index (κ2) is 5.01. The van der Waals surface area contributed by atoms with Crippen LogP contribution >= 0.6 is 0 Å². The quantitative estimate of drug-likeness (QED) is 0.807. The zero-order chi connectivity index (χ0) is 15.0. The van der Waals surface area contributed by atoms with E-state index in [1.807, 2.05) is 0 Å². The first kappa shape index (κ1) is 13.3. The second-order valence-electron chi connectivity index (χ2n) is 4.61. The van der Waals surface area contributed by atoms with E-state index >= 15 is 0 Å². The number of rotatable bonds is 3. The first-order chi connectivity index (χ1) is 10.1. The topological polar surface area (TPSA) is 85.9 Å². The molecule has 0 unspecified atom stereocenters. The van der Waals surface area contributed by atoms with Gasteiger partial charge in [-0.25, -0.2) is 9.59 Å². The molecule has 1 atom stereocenters. The van der Waals surface area contributed by atoms with Crippen molar-refractivity contribution in [2.24, 2.45) is 0 Å². The Bertz CT molecular complexity index is 653. The summed E-state index contributed by atoms with van der Waals surface area (Å²) in [6.07, 6.45) is 0. The number of cyclic esters (lactones) is 1. The second-order valence-corrected chi connectivity index (χ2v) is 4.61. The number of nitrogens with one attached hydrogen (secondary N) is 2. The van der Waals surface area contributed by atoms with Crippen LogP contribution in [0.5, 0.6) is 11.5 Å². The Kier molecular flexibility index (Phi) is 3.17. The third-order valence-electron chi connectivity index (χ3n) is 3.46. The van der Waals surface area contributed by atoms with Crippen molar-refractivity contribution in [2.45, 2.75) is 6.04 Å². The van der Waals surface area contributed by atoms with Crippen molar-refractivity contribution in [3.8, 4) is 11.5 Å². The highest BCUT2D eigenvalue weighted by Crippen LogP contribution is 2.35. The molecule has 1 aromatic carbocycles. The molecule has 2 amide bonds. The lowest BCUT2D eigenvalue weighted by molar-refractivity contribution is -0.136. The van der Waals surface area contributed by atoms with Gasteiger partial charge in [0, 0.05) is 0 Å². The van der Waals surface area contributed by atoms with E-state index in [-0.39, 0.29) is 12.6 Å². The van der Waals surface area contributed by atoms with Crippen LogP contribution in [0.25, 0.3) is 0 Å². The van der Waals surface area contributed by atoms with Gasteiger partial charge in [0.2, 0.25) is 0 Å². The Morgan fingerprint density at radius 2 is 1.95 bits per heavy atom. The van der Waals surface area contributed by atoms with Crippen molar-refractivity contribution in [3.05, 3.63) is 35.0 Å². The maximum Gasteiger partial charge on any atom is 0.338 e. The standard InChI is InChI=1S/C14H14N2O5/c1-19-9-4-3-7(5-10(9)20-2)12-11-8(6-21-13(11)17)15-14(18)16-12/h3-5,12H,6H2,1-2H3,(H2,15,16,18)/t12-/m1/s1. The van der Waals surface area contributed by atoms with Crippen molar-refractivity contribution < 1.29 is 23.8 Å². The van der Waals surface area contributed by atoms with E-state index < -0.39 is 12.0 Å². The van der Waals surface area contributed by atoms with E-state index in [2.05, 4.69) is 10.6 Å². The molecule has 0 saturated carbocycles. The fourth-order valence-corrected chi connectivity index (χ4v) is 2.47. The molecule has 2 N–H and O–H groups in total. The summed E-state index contributed by atoms with van der Waals surface area (Å²) in [6.45, 7) is 0.0887. The SMILES string of the molecule is COc1ccc([C@H]2NC(=O)NC3=C2C(=O)OC3)cc1OC. The maximum absolute atomic E-state index is 11.8. The summed E-state index contributed by atoms with van der Waals surface area (Å²) >= 11 is 0. The van der Waals surface area contributed by atoms with Gasteiger partial charge in [-0.05, 0) is 17.7 Å². The van der Waals surface area contributed by atoms with Gasteiger partial charge in [0.15, 0.2) is 11.5 Å². The van der Waals surface area contributed by atoms with E-state index in [1.54, 1.807) is 25.3 Å². The molecule has 0 aliphatic carbocycles. The number of urea groups is 1. The molecule has 1 aromatic rings. The van der Waals surface area contributed by atoms with E-state index in [9.17, 15) is 9.59 Å². The van der Waals surface area contributed by atoms with Gasteiger partial charge in [0.05, 0.1) is 31.5 Å². The van der Waals surface area contributed by atoms with Crippen LogP contribution in [0.3, 0.4) is 0 Å². The summed E-state index contributed by atoms with van der Waals surface area (Å²) in [5.74, 6) is 0.665. The molecule has 7 heteroatoms. The predicted octanol–water partition coefficient (Wildman–Crippen LogP) is 0.869. The van der Waals surface area contributed by atoms with Crippen LogP contribution < -0.4 is 20.1 Å². The minimum Gasteiger partial charge on any atom is -0.493 e. The van der Waals surface area contributed by atoms with Crippen LogP contribution in [0.1, 0.15) is 11.6 Å². The number of methoxy groups -OCH3 is 2. The molecule has 2 heterocycles. The molecule has 0 aromatic heterocycles. The van der Waals surface area contributed by atoms with E-state index in [4.69, 9.17) is 14.2 Å². The molecular weight excluding hydrogens is 276 g/mol. The third kappa shape index (κ3) is 2.16. The summed E-state index contributed by atoms with van der Waals surface area (Å²) in [6, 6.07) is 4.29. The zero-order valence-electron chi connectivity index (χ0n) is 11.6. The molecule has 2 aliphatic rings. The summed E-state index contributed by atoms with van der Waals surface area (Å²) in [5.41, 5.74) is 1.64. The Hall–Kier alpha value is -2.70. The van der Waals surface area contributed by atoms with Gasteiger partial charge >= 0.3 is 12.0 Å². The van der Waals surface area contributed by atoms with Crippen LogP contribution in [-0.4, -0.2) is 32.8 Å². The van der Waals surface area contributed by atoms with Crippen molar-refractivity contribution >= 4 is 12.0 Å². The van der Waals surface area contributed by atoms with E-state index in [0.717, 1.165) is 0 Å². The Morgan fingerprint density at radius 1 is 1.19 bits per heavy atom. The average molecular weight is 290 g/mol.